The molecule has 1 aromatic heterocycles. The molecule has 0 saturated carbocycles. The number of aromatic nitrogens is 2. The molecule has 2 aliphatic heterocycles. The van der Waals surface area contributed by atoms with Crippen LogP contribution in [0.25, 0.3) is 0 Å². The minimum Gasteiger partial charge on any atom is -0.388 e. The Hall–Kier alpha value is -2.21. The fraction of sp³-hybridized carbons (Fsp3) is 0.727. The number of hydrogen-bond acceptors (Lipinski definition) is 7. The Kier molecular flexibility index (Phi) is 8.22. The van der Waals surface area contributed by atoms with Crippen molar-refractivity contribution >= 4 is 23.4 Å². The minimum absolute atomic E-state index is 0.0524. The molecule has 190 valence electrons. The van der Waals surface area contributed by atoms with Crippen LogP contribution in [0, 0.1) is 0 Å². The first-order valence-corrected chi connectivity index (χ1v) is 12.0. The molecule has 5 N–H and O–H groups in total. The highest BCUT2D eigenvalue weighted by Crippen LogP contribution is 2.43. The second kappa shape index (κ2) is 10.6. The summed E-state index contributed by atoms with van der Waals surface area (Å²) in [6.45, 7) is 4.46. The SMILES string of the molecule is CC(=O)N[C@@H](CCCCN)C(=O)N1CCC2(CC1)C[C@](C)(O)[C@@H](n1cc(Cl)c(=O)[nH]c1=O)CO2. The molecule has 34 heavy (non-hydrogen) atoms. The molecule has 12 heteroatoms. The second-order valence-electron chi connectivity index (χ2n) is 9.55. The zero-order chi connectivity index (χ0) is 25.1. The van der Waals surface area contributed by atoms with Crippen molar-refractivity contribution in [2.75, 3.05) is 26.2 Å². The Morgan fingerprint density at radius 2 is 2.03 bits per heavy atom. The van der Waals surface area contributed by atoms with E-state index in [1.54, 1.807) is 11.8 Å². The highest BCUT2D eigenvalue weighted by molar-refractivity contribution is 6.30. The van der Waals surface area contributed by atoms with E-state index in [2.05, 4.69) is 10.3 Å². The lowest BCUT2D eigenvalue weighted by Crippen LogP contribution is -2.60. The second-order valence-corrected chi connectivity index (χ2v) is 9.96. The summed E-state index contributed by atoms with van der Waals surface area (Å²) in [7, 11) is 0. The van der Waals surface area contributed by atoms with Gasteiger partial charge in [-0.05, 0) is 45.6 Å². The number of nitrogens with one attached hydrogen (secondary N) is 2. The minimum atomic E-state index is -1.31. The molecule has 2 saturated heterocycles. The number of hydrogen-bond donors (Lipinski definition) is 4. The van der Waals surface area contributed by atoms with Gasteiger partial charge < -0.3 is 25.8 Å². The first-order chi connectivity index (χ1) is 16.0. The van der Waals surface area contributed by atoms with Crippen LogP contribution in [0.2, 0.25) is 5.02 Å². The van der Waals surface area contributed by atoms with E-state index in [0.717, 1.165) is 12.8 Å². The molecule has 0 aromatic carbocycles. The van der Waals surface area contributed by atoms with Crippen molar-refractivity contribution in [3.8, 4) is 0 Å². The normalized spacial score (nSPS) is 25.2. The largest absolute Gasteiger partial charge is 0.388 e. The fourth-order valence-electron chi connectivity index (χ4n) is 5.00. The van der Waals surface area contributed by atoms with E-state index < -0.39 is 34.5 Å². The van der Waals surface area contributed by atoms with Crippen molar-refractivity contribution in [2.24, 2.45) is 5.73 Å². The molecular weight excluding hydrogens is 466 g/mol. The van der Waals surface area contributed by atoms with Gasteiger partial charge in [-0.1, -0.05) is 11.6 Å². The Morgan fingerprint density at radius 3 is 2.62 bits per heavy atom. The number of halogens is 1. The summed E-state index contributed by atoms with van der Waals surface area (Å²) < 4.78 is 7.39. The topological polar surface area (TPSA) is 160 Å². The van der Waals surface area contributed by atoms with Crippen LogP contribution >= 0.6 is 11.6 Å². The molecule has 1 aromatic rings. The number of aromatic amines is 1. The van der Waals surface area contributed by atoms with Crippen LogP contribution in [-0.4, -0.2) is 74.9 Å². The van der Waals surface area contributed by atoms with Gasteiger partial charge in [-0.25, -0.2) is 4.79 Å². The van der Waals surface area contributed by atoms with Crippen LogP contribution < -0.4 is 22.3 Å². The average Bonchev–Trinajstić information content (AvgIpc) is 2.75. The summed E-state index contributed by atoms with van der Waals surface area (Å²) in [6.07, 6.45) is 4.54. The van der Waals surface area contributed by atoms with E-state index in [0.29, 0.717) is 38.9 Å². The number of piperidine rings is 1. The van der Waals surface area contributed by atoms with E-state index in [1.165, 1.54) is 17.7 Å². The highest BCUT2D eigenvalue weighted by Gasteiger charge is 2.50. The van der Waals surface area contributed by atoms with Crippen molar-refractivity contribution in [1.82, 2.24) is 19.8 Å². The third-order valence-electron chi connectivity index (χ3n) is 6.81. The molecule has 3 heterocycles. The quantitative estimate of drug-likeness (QED) is 0.381. The number of H-pyrrole nitrogens is 1. The first-order valence-electron chi connectivity index (χ1n) is 11.6. The standard InChI is InChI=1S/C22H34ClN5O6/c1-14(29)25-16(5-3-4-8-24)19(31)27-9-6-22(7-10-27)13-21(2,33)17(12-34-22)28-11-15(23)18(30)26-20(28)32/h11,16-17,33H,3-10,12-13,24H2,1-2H3,(H,25,29)(H,26,30,32)/t16-,17-,21-/m0/s1. The number of likely N-dealkylation sites (tertiary alicyclic amines) is 1. The van der Waals surface area contributed by atoms with Crippen molar-refractivity contribution in [3.05, 3.63) is 32.1 Å². The van der Waals surface area contributed by atoms with Crippen molar-refractivity contribution in [3.63, 3.8) is 0 Å². The Balaban J connectivity index is 1.67. The maximum Gasteiger partial charge on any atom is 0.328 e. The lowest BCUT2D eigenvalue weighted by molar-refractivity contribution is -0.198. The Bertz CT molecular complexity index is 1010. The summed E-state index contributed by atoms with van der Waals surface area (Å²) in [6, 6.07) is -1.32. The van der Waals surface area contributed by atoms with Crippen molar-refractivity contribution < 1.29 is 19.4 Å². The molecule has 3 rings (SSSR count). The van der Waals surface area contributed by atoms with Gasteiger partial charge in [0.05, 0.1) is 23.9 Å². The van der Waals surface area contributed by atoms with E-state index in [4.69, 9.17) is 22.1 Å². The summed E-state index contributed by atoms with van der Waals surface area (Å²) in [5.74, 6) is -0.383. The van der Waals surface area contributed by atoms with E-state index in [-0.39, 0.29) is 29.9 Å². The molecule has 2 fully saturated rings. The summed E-state index contributed by atoms with van der Waals surface area (Å²) >= 11 is 5.89. The lowest BCUT2D eigenvalue weighted by Gasteiger charge is -2.51. The number of carbonyl (C=O) groups is 2. The number of rotatable bonds is 7. The molecule has 0 unspecified atom stereocenters. The molecule has 0 aliphatic carbocycles. The monoisotopic (exact) mass is 499 g/mol. The number of nitrogens with zero attached hydrogens (tertiary/aromatic N) is 2. The van der Waals surface area contributed by atoms with E-state index >= 15 is 0 Å². The lowest BCUT2D eigenvalue weighted by atomic mass is 9.75. The average molecular weight is 500 g/mol. The van der Waals surface area contributed by atoms with Crippen molar-refractivity contribution in [2.45, 2.75) is 75.7 Å². The Morgan fingerprint density at radius 1 is 1.35 bits per heavy atom. The van der Waals surface area contributed by atoms with Crippen LogP contribution in [0.1, 0.15) is 58.4 Å². The molecule has 0 bridgehead atoms. The fourth-order valence-corrected chi connectivity index (χ4v) is 5.15. The smallest absolute Gasteiger partial charge is 0.328 e. The van der Waals surface area contributed by atoms with Crippen LogP contribution in [0.5, 0.6) is 0 Å². The third kappa shape index (κ3) is 5.88. The number of ether oxygens (including phenoxy) is 1. The summed E-state index contributed by atoms with van der Waals surface area (Å²) in [4.78, 5) is 52.4. The molecule has 0 radical (unpaired) electrons. The zero-order valence-corrected chi connectivity index (χ0v) is 20.4. The Labute approximate surface area is 202 Å². The van der Waals surface area contributed by atoms with Gasteiger partial charge in [0.25, 0.3) is 5.56 Å². The third-order valence-corrected chi connectivity index (χ3v) is 7.08. The van der Waals surface area contributed by atoms with Gasteiger partial charge in [0.2, 0.25) is 11.8 Å². The van der Waals surface area contributed by atoms with Gasteiger partial charge in [-0.15, -0.1) is 0 Å². The number of aliphatic hydroxyl groups is 1. The molecule has 3 atom stereocenters. The summed E-state index contributed by atoms with van der Waals surface area (Å²) in [5, 5.41) is 13.9. The molecule has 1 spiro atoms. The van der Waals surface area contributed by atoms with Gasteiger partial charge in [0.1, 0.15) is 11.1 Å². The van der Waals surface area contributed by atoms with E-state index in [9.17, 15) is 24.3 Å². The van der Waals surface area contributed by atoms with Gasteiger partial charge in [0, 0.05) is 32.6 Å². The van der Waals surface area contributed by atoms with Crippen LogP contribution in [-0.2, 0) is 14.3 Å². The molecular formula is C22H34ClN5O6. The van der Waals surface area contributed by atoms with Gasteiger partial charge in [-0.2, -0.15) is 0 Å². The van der Waals surface area contributed by atoms with Gasteiger partial charge >= 0.3 is 5.69 Å². The van der Waals surface area contributed by atoms with Crippen molar-refractivity contribution in [1.29, 1.82) is 0 Å². The predicted molar refractivity (Wildman–Crippen MR) is 126 cm³/mol. The number of carbonyl (C=O) groups excluding carboxylic acids is 2. The highest BCUT2D eigenvalue weighted by atomic mass is 35.5. The van der Waals surface area contributed by atoms with Gasteiger partial charge in [-0.3, -0.25) is 23.9 Å². The van der Waals surface area contributed by atoms with Crippen LogP contribution in [0.3, 0.4) is 0 Å². The van der Waals surface area contributed by atoms with Crippen LogP contribution in [0.4, 0.5) is 0 Å². The molecule has 11 nitrogen and oxygen atoms in total. The molecule has 2 amide bonds. The van der Waals surface area contributed by atoms with E-state index in [1.807, 2.05) is 0 Å². The predicted octanol–water partition coefficient (Wildman–Crippen LogP) is -0.103. The van der Waals surface area contributed by atoms with Crippen LogP contribution in [0.15, 0.2) is 15.8 Å². The van der Waals surface area contributed by atoms with Gasteiger partial charge in [0.15, 0.2) is 0 Å². The number of amides is 2. The number of unbranched alkanes of at least 4 members (excludes halogenated alkanes) is 1. The zero-order valence-electron chi connectivity index (χ0n) is 19.6. The summed E-state index contributed by atoms with van der Waals surface area (Å²) in [5.41, 5.74) is 2.24. The maximum atomic E-state index is 13.1. The molecule has 2 aliphatic rings. The first kappa shape index (κ1) is 26.4. The number of nitrogens with two attached hydrogens (primary N) is 1. The maximum absolute atomic E-state index is 13.1.